The molecule has 0 aliphatic carbocycles. The van der Waals surface area contributed by atoms with Gasteiger partial charge in [-0.15, -0.1) is 0 Å². The van der Waals surface area contributed by atoms with Gasteiger partial charge in [-0.2, -0.15) is 0 Å². The fourth-order valence-electron chi connectivity index (χ4n) is 3.50. The molecule has 1 aromatic heterocycles. The number of aromatic hydroxyl groups is 1. The number of hydrogen-bond donors (Lipinski definition) is 1. The van der Waals surface area contributed by atoms with Crippen molar-refractivity contribution >= 4 is 17.8 Å². The molecule has 7 heteroatoms. The molecule has 0 saturated heterocycles. The van der Waals surface area contributed by atoms with Crippen molar-refractivity contribution in [2.45, 2.75) is 66.2 Å². The van der Waals surface area contributed by atoms with Crippen LogP contribution in [-0.2, 0) is 9.53 Å². The summed E-state index contributed by atoms with van der Waals surface area (Å²) in [6.07, 6.45) is 7.58. The first-order chi connectivity index (χ1) is 17.4. The maximum absolute atomic E-state index is 13.0. The molecule has 1 aromatic carbocycles. The molecule has 2 aromatic rings. The van der Waals surface area contributed by atoms with Gasteiger partial charge in [-0.3, -0.25) is 9.59 Å². The third-order valence-electron chi connectivity index (χ3n) is 5.83. The lowest BCUT2D eigenvalue weighted by Crippen LogP contribution is -2.16. The summed E-state index contributed by atoms with van der Waals surface area (Å²) in [5.74, 6) is -0.516. The molecule has 7 nitrogen and oxygen atoms in total. The molecule has 1 N–H and O–H groups in total. The van der Waals surface area contributed by atoms with Gasteiger partial charge in [-0.25, -0.2) is 4.79 Å². The second-order valence-corrected chi connectivity index (χ2v) is 10.3. The number of benzene rings is 1. The van der Waals surface area contributed by atoms with E-state index < -0.39 is 17.2 Å². The van der Waals surface area contributed by atoms with Gasteiger partial charge in [0, 0.05) is 12.0 Å². The van der Waals surface area contributed by atoms with Crippen LogP contribution in [0.15, 0.2) is 57.3 Å². The van der Waals surface area contributed by atoms with Gasteiger partial charge in [0.25, 0.3) is 0 Å². The van der Waals surface area contributed by atoms with E-state index in [-0.39, 0.29) is 34.9 Å². The number of allylic oxidation sites excluding steroid dienone is 2. The van der Waals surface area contributed by atoms with Crippen LogP contribution in [0.3, 0.4) is 0 Å². The van der Waals surface area contributed by atoms with Crippen LogP contribution in [-0.4, -0.2) is 30.6 Å². The Morgan fingerprint density at radius 2 is 1.89 bits per heavy atom. The molecular formula is C30H38O7. The van der Waals surface area contributed by atoms with Crippen molar-refractivity contribution in [2.24, 2.45) is 5.41 Å². The van der Waals surface area contributed by atoms with Gasteiger partial charge in [-0.05, 0) is 60.9 Å². The summed E-state index contributed by atoms with van der Waals surface area (Å²) >= 11 is 0. The number of hydrogen-bond acceptors (Lipinski definition) is 7. The van der Waals surface area contributed by atoms with Gasteiger partial charge in [0.05, 0.1) is 20.1 Å². The molecule has 1 atom stereocenters. The molecule has 1 heterocycles. The molecular weight excluding hydrogens is 472 g/mol. The van der Waals surface area contributed by atoms with E-state index in [2.05, 4.69) is 25.5 Å². The second kappa shape index (κ2) is 13.6. The maximum atomic E-state index is 13.0. The average molecular weight is 511 g/mol. The molecule has 0 spiro atoms. The molecule has 0 aliphatic rings. The number of ether oxygens (including phenoxy) is 2. The number of ketones is 1. The summed E-state index contributed by atoms with van der Waals surface area (Å²) in [5, 5.41) is 10.5. The number of carbonyl (C=O) groups excluding carboxylic acids is 2. The van der Waals surface area contributed by atoms with E-state index in [4.69, 9.17) is 9.15 Å². The van der Waals surface area contributed by atoms with Crippen LogP contribution in [0, 0.1) is 5.41 Å². The van der Waals surface area contributed by atoms with E-state index >= 15 is 0 Å². The Bertz CT molecular complexity index is 1200. The summed E-state index contributed by atoms with van der Waals surface area (Å²) in [6.45, 7) is 10.5. The van der Waals surface area contributed by atoms with Gasteiger partial charge in [0.15, 0.2) is 5.78 Å². The predicted molar refractivity (Wildman–Crippen MR) is 144 cm³/mol. The van der Waals surface area contributed by atoms with Crippen molar-refractivity contribution in [1.29, 1.82) is 0 Å². The smallest absolute Gasteiger partial charge is 0.351 e. The maximum Gasteiger partial charge on any atom is 0.351 e. The zero-order chi connectivity index (χ0) is 27.6. The highest BCUT2D eigenvalue weighted by molar-refractivity contribution is 6.12. The van der Waals surface area contributed by atoms with E-state index in [9.17, 15) is 19.5 Å². The molecule has 200 valence electrons. The van der Waals surface area contributed by atoms with Crippen molar-refractivity contribution < 1.29 is 28.6 Å². The first kappa shape index (κ1) is 29.6. The lowest BCUT2D eigenvalue weighted by molar-refractivity contribution is -0.139. The van der Waals surface area contributed by atoms with Crippen molar-refractivity contribution in [2.75, 3.05) is 13.7 Å². The van der Waals surface area contributed by atoms with Crippen molar-refractivity contribution in [1.82, 2.24) is 0 Å². The number of carbonyl (C=O) groups is 2. The fraction of sp³-hybridized carbons (Fsp3) is 0.433. The molecule has 0 fully saturated rings. The van der Waals surface area contributed by atoms with Crippen LogP contribution < -0.4 is 10.4 Å². The highest BCUT2D eigenvalue weighted by Crippen LogP contribution is 2.27. The van der Waals surface area contributed by atoms with Gasteiger partial charge in [0.2, 0.25) is 0 Å². The van der Waals surface area contributed by atoms with Crippen LogP contribution in [0.25, 0.3) is 6.08 Å². The minimum atomic E-state index is -0.875. The van der Waals surface area contributed by atoms with Crippen LogP contribution in [0.5, 0.6) is 11.5 Å². The lowest BCUT2D eigenvalue weighted by Gasteiger charge is -2.18. The molecule has 0 bridgehead atoms. The van der Waals surface area contributed by atoms with E-state index in [1.807, 2.05) is 37.3 Å². The Morgan fingerprint density at radius 1 is 1.16 bits per heavy atom. The predicted octanol–water partition coefficient (Wildman–Crippen LogP) is 6.45. The van der Waals surface area contributed by atoms with E-state index in [0.717, 1.165) is 12.0 Å². The van der Waals surface area contributed by atoms with Crippen LogP contribution in [0.1, 0.15) is 87.9 Å². The highest BCUT2D eigenvalue weighted by atomic mass is 16.5. The summed E-state index contributed by atoms with van der Waals surface area (Å²) in [7, 11) is 1.33. The minimum Gasteiger partial charge on any atom is -0.507 e. The van der Waals surface area contributed by atoms with Gasteiger partial charge >= 0.3 is 11.6 Å². The third-order valence-corrected chi connectivity index (χ3v) is 5.83. The van der Waals surface area contributed by atoms with Crippen molar-refractivity contribution in [3.05, 3.63) is 75.4 Å². The first-order valence-corrected chi connectivity index (χ1v) is 12.5. The van der Waals surface area contributed by atoms with Gasteiger partial charge < -0.3 is 19.0 Å². The van der Waals surface area contributed by atoms with Crippen LogP contribution >= 0.6 is 0 Å². The summed E-state index contributed by atoms with van der Waals surface area (Å²) in [5.41, 5.74) is -0.0699. The number of esters is 1. The summed E-state index contributed by atoms with van der Waals surface area (Å²) < 4.78 is 15.8. The van der Waals surface area contributed by atoms with Crippen LogP contribution in [0.4, 0.5) is 0 Å². The molecule has 37 heavy (non-hydrogen) atoms. The second-order valence-electron chi connectivity index (χ2n) is 10.3. The van der Waals surface area contributed by atoms with Crippen LogP contribution in [0.2, 0.25) is 0 Å². The number of rotatable bonds is 12. The Kier molecular flexibility index (Phi) is 10.9. The molecule has 0 aliphatic heterocycles. The quantitative estimate of drug-likeness (QED) is 0.151. The SMILES string of the molecule is COC(=O)C/C=C/CCC(C)c1cc(O)c(C(=O)C(C)=Cc2cccc(OCCC(C)(C)C)c2)c(=O)o1. The Labute approximate surface area is 218 Å². The Morgan fingerprint density at radius 3 is 2.54 bits per heavy atom. The monoisotopic (exact) mass is 510 g/mol. The standard InChI is InChI=1S/C30H38O7/c1-20(11-8-7-9-14-26(32)35-6)25-19-24(31)27(29(34)37-25)28(33)21(2)17-22-12-10-13-23(18-22)36-16-15-30(3,4)5/h7,9-10,12-13,17-20,31H,8,11,14-16H2,1-6H3/b9-7+,21-17?. The van der Waals surface area contributed by atoms with E-state index in [0.29, 0.717) is 31.0 Å². The normalized spacial score (nSPS) is 13.0. The largest absolute Gasteiger partial charge is 0.507 e. The molecule has 0 amide bonds. The van der Waals surface area contributed by atoms with Gasteiger partial charge in [0.1, 0.15) is 22.8 Å². The van der Waals surface area contributed by atoms with Gasteiger partial charge in [-0.1, -0.05) is 52.0 Å². The molecule has 0 radical (unpaired) electrons. The molecule has 0 saturated carbocycles. The number of methoxy groups -OCH3 is 1. The van der Waals surface area contributed by atoms with Crippen molar-refractivity contribution in [3.8, 4) is 11.5 Å². The molecule has 2 rings (SSSR count). The third kappa shape index (κ3) is 9.75. The Balaban J connectivity index is 2.10. The average Bonchev–Trinajstić information content (AvgIpc) is 2.82. The van der Waals surface area contributed by atoms with Crippen molar-refractivity contribution in [3.63, 3.8) is 0 Å². The zero-order valence-electron chi connectivity index (χ0n) is 22.6. The first-order valence-electron chi connectivity index (χ1n) is 12.5. The highest BCUT2D eigenvalue weighted by Gasteiger charge is 2.22. The Hall–Kier alpha value is -3.61. The fourth-order valence-corrected chi connectivity index (χ4v) is 3.50. The van der Waals surface area contributed by atoms with E-state index in [1.165, 1.54) is 13.2 Å². The topological polar surface area (TPSA) is 103 Å². The summed E-state index contributed by atoms with van der Waals surface area (Å²) in [4.78, 5) is 36.8. The minimum absolute atomic E-state index is 0.166. The molecule has 1 unspecified atom stereocenters. The number of Topliss-reactive ketones (excluding diaryl/α,β-unsaturated/α-hetero) is 1. The zero-order valence-corrected chi connectivity index (χ0v) is 22.6. The van der Waals surface area contributed by atoms with E-state index in [1.54, 1.807) is 19.1 Å². The lowest BCUT2D eigenvalue weighted by atomic mass is 9.93. The summed E-state index contributed by atoms with van der Waals surface area (Å²) in [6, 6.07) is 8.68.